The Morgan fingerprint density at radius 3 is 1.97 bits per heavy atom. The largest absolute Gasteiger partial charge is 0.457 e. The number of para-hydroxylation sites is 1. The molecule has 4 rings (SSSR count). The highest BCUT2D eigenvalue weighted by atomic mass is 16.5. The monoisotopic (exact) mass is 478 g/mol. The van der Waals surface area contributed by atoms with E-state index in [9.17, 15) is 4.79 Å². The van der Waals surface area contributed by atoms with Crippen LogP contribution in [0.25, 0.3) is 0 Å². The quantitative estimate of drug-likeness (QED) is 0.232. The van der Waals surface area contributed by atoms with Crippen LogP contribution >= 0.6 is 0 Å². The molecule has 0 saturated carbocycles. The van der Waals surface area contributed by atoms with Crippen LogP contribution < -0.4 is 10.1 Å². The van der Waals surface area contributed by atoms with Gasteiger partial charge >= 0.3 is 0 Å². The lowest BCUT2D eigenvalue weighted by molar-refractivity contribution is -0.121. The minimum atomic E-state index is -0.304. The number of nitrogens with one attached hydrogen (secondary N) is 1. The maximum Gasteiger partial charge on any atom is 0.232 e. The van der Waals surface area contributed by atoms with Gasteiger partial charge in [-0.05, 0) is 53.9 Å². The minimum Gasteiger partial charge on any atom is -0.457 e. The molecule has 4 heteroatoms. The van der Waals surface area contributed by atoms with Crippen LogP contribution in [-0.4, -0.2) is 30.4 Å². The second-order valence-corrected chi connectivity index (χ2v) is 8.83. The number of rotatable bonds is 12. The first-order valence-corrected chi connectivity index (χ1v) is 12.6. The topological polar surface area (TPSA) is 41.6 Å². The normalized spacial score (nSPS) is 11.0. The number of benzene rings is 4. The van der Waals surface area contributed by atoms with Crippen molar-refractivity contribution in [3.63, 3.8) is 0 Å². The summed E-state index contributed by atoms with van der Waals surface area (Å²) < 4.78 is 5.99. The summed E-state index contributed by atoms with van der Waals surface area (Å²) in [6, 6.07) is 38.1. The van der Waals surface area contributed by atoms with Crippen LogP contribution in [-0.2, 0) is 11.3 Å². The van der Waals surface area contributed by atoms with Crippen molar-refractivity contribution in [1.82, 2.24) is 10.2 Å². The van der Waals surface area contributed by atoms with E-state index in [0.717, 1.165) is 48.7 Å². The minimum absolute atomic E-state index is 0.0428. The van der Waals surface area contributed by atoms with Gasteiger partial charge in [-0.3, -0.25) is 9.69 Å². The third kappa shape index (κ3) is 7.30. The van der Waals surface area contributed by atoms with Crippen molar-refractivity contribution in [3.8, 4) is 11.5 Å². The highest BCUT2D eigenvalue weighted by Gasteiger charge is 2.22. The maximum atomic E-state index is 13.2. The molecule has 0 spiro atoms. The Balaban J connectivity index is 1.29. The Labute approximate surface area is 214 Å². The molecular formula is C32H34N2O2. The summed E-state index contributed by atoms with van der Waals surface area (Å²) in [5.74, 6) is 1.42. The van der Waals surface area contributed by atoms with Crippen molar-refractivity contribution < 1.29 is 9.53 Å². The van der Waals surface area contributed by atoms with Crippen molar-refractivity contribution in [2.24, 2.45) is 0 Å². The maximum absolute atomic E-state index is 13.2. The first-order chi connectivity index (χ1) is 17.7. The molecule has 4 nitrogen and oxygen atoms in total. The number of amides is 1. The molecular weight excluding hydrogens is 444 g/mol. The molecule has 4 aromatic carbocycles. The molecule has 1 amide bonds. The van der Waals surface area contributed by atoms with Gasteiger partial charge < -0.3 is 10.1 Å². The Bertz CT molecular complexity index is 1160. The molecule has 0 fully saturated rings. The van der Waals surface area contributed by atoms with E-state index in [2.05, 4.69) is 29.3 Å². The number of hydrogen-bond donors (Lipinski definition) is 1. The molecule has 0 aromatic heterocycles. The molecule has 0 aliphatic heterocycles. The zero-order chi connectivity index (χ0) is 25.0. The fourth-order valence-electron chi connectivity index (χ4n) is 4.34. The fraction of sp³-hybridized carbons (Fsp3) is 0.219. The third-order valence-electron chi connectivity index (χ3n) is 6.21. The Kier molecular flexibility index (Phi) is 9.29. The molecule has 0 heterocycles. The van der Waals surface area contributed by atoms with Crippen molar-refractivity contribution in [2.45, 2.75) is 25.8 Å². The van der Waals surface area contributed by atoms with Gasteiger partial charge in [-0.1, -0.05) is 97.9 Å². The second kappa shape index (κ2) is 13.3. The van der Waals surface area contributed by atoms with Crippen LogP contribution in [0.15, 0.2) is 115 Å². The van der Waals surface area contributed by atoms with Crippen LogP contribution in [0, 0.1) is 0 Å². The molecule has 0 aliphatic carbocycles. The molecule has 0 unspecified atom stereocenters. The van der Waals surface area contributed by atoms with Gasteiger partial charge in [0.05, 0.1) is 5.92 Å². The smallest absolute Gasteiger partial charge is 0.232 e. The molecule has 0 radical (unpaired) electrons. The van der Waals surface area contributed by atoms with Crippen LogP contribution in [0.4, 0.5) is 0 Å². The Morgan fingerprint density at radius 1 is 0.778 bits per heavy atom. The molecule has 4 aromatic rings. The summed E-state index contributed by atoms with van der Waals surface area (Å²) in [5.41, 5.74) is 3.23. The molecule has 0 bridgehead atoms. The Morgan fingerprint density at radius 2 is 1.36 bits per heavy atom. The van der Waals surface area contributed by atoms with E-state index in [1.165, 1.54) is 5.56 Å². The number of carbonyl (C=O) groups is 1. The second-order valence-electron chi connectivity index (χ2n) is 8.83. The molecule has 1 N–H and O–H groups in total. The van der Waals surface area contributed by atoms with Crippen molar-refractivity contribution in [3.05, 3.63) is 132 Å². The van der Waals surface area contributed by atoms with E-state index in [-0.39, 0.29) is 11.8 Å². The van der Waals surface area contributed by atoms with E-state index in [4.69, 9.17) is 4.74 Å². The lowest BCUT2D eigenvalue weighted by Gasteiger charge is -2.22. The first-order valence-electron chi connectivity index (χ1n) is 12.6. The zero-order valence-electron chi connectivity index (χ0n) is 20.8. The SMILES string of the molecule is CCN(CCCNC(=O)C(c1ccccc1)c1ccccc1)Cc1cccc(Oc2ccccc2)c1. The van der Waals surface area contributed by atoms with Gasteiger partial charge in [0.25, 0.3) is 0 Å². The molecule has 0 atom stereocenters. The average Bonchev–Trinajstić information content (AvgIpc) is 2.92. The fourth-order valence-corrected chi connectivity index (χ4v) is 4.34. The van der Waals surface area contributed by atoms with Gasteiger partial charge in [-0.2, -0.15) is 0 Å². The summed E-state index contributed by atoms with van der Waals surface area (Å²) >= 11 is 0. The summed E-state index contributed by atoms with van der Waals surface area (Å²) in [5, 5.41) is 3.17. The first kappa shape index (κ1) is 25.2. The number of carbonyl (C=O) groups excluding carboxylic acids is 1. The van der Waals surface area contributed by atoms with Gasteiger partial charge in [-0.15, -0.1) is 0 Å². The molecule has 36 heavy (non-hydrogen) atoms. The molecule has 184 valence electrons. The lowest BCUT2D eigenvalue weighted by Crippen LogP contribution is -2.33. The van der Waals surface area contributed by atoms with Gasteiger partial charge in [0.2, 0.25) is 5.91 Å². The average molecular weight is 479 g/mol. The summed E-state index contributed by atoms with van der Waals surface area (Å²) in [4.78, 5) is 15.6. The number of hydrogen-bond acceptors (Lipinski definition) is 3. The predicted molar refractivity (Wildman–Crippen MR) is 146 cm³/mol. The van der Waals surface area contributed by atoms with E-state index < -0.39 is 0 Å². The Hall–Kier alpha value is -3.89. The number of nitrogens with zero attached hydrogens (tertiary/aromatic N) is 1. The van der Waals surface area contributed by atoms with Crippen LogP contribution in [0.5, 0.6) is 11.5 Å². The molecule has 0 aliphatic rings. The van der Waals surface area contributed by atoms with Gasteiger partial charge in [-0.25, -0.2) is 0 Å². The summed E-state index contributed by atoms with van der Waals surface area (Å²) in [7, 11) is 0. The van der Waals surface area contributed by atoms with E-state index in [0.29, 0.717) is 6.54 Å². The van der Waals surface area contributed by atoms with Gasteiger partial charge in [0, 0.05) is 19.6 Å². The lowest BCUT2D eigenvalue weighted by atomic mass is 9.90. The van der Waals surface area contributed by atoms with Crippen LogP contribution in [0.2, 0.25) is 0 Å². The van der Waals surface area contributed by atoms with Crippen molar-refractivity contribution >= 4 is 5.91 Å². The predicted octanol–water partition coefficient (Wildman–Crippen LogP) is 6.64. The number of ether oxygens (including phenoxy) is 1. The van der Waals surface area contributed by atoms with E-state index in [1.807, 2.05) is 103 Å². The van der Waals surface area contributed by atoms with Crippen molar-refractivity contribution in [1.29, 1.82) is 0 Å². The van der Waals surface area contributed by atoms with E-state index >= 15 is 0 Å². The standard InChI is InChI=1S/C32H34N2O2/c1-2-34(25-26-14-12-21-30(24-26)36-29-19-10-5-11-20-29)23-13-22-33-32(35)31(27-15-6-3-7-16-27)28-17-8-4-9-18-28/h3-12,14-21,24,31H,2,13,22-23,25H2,1H3,(H,33,35). The highest BCUT2D eigenvalue weighted by molar-refractivity contribution is 5.87. The zero-order valence-corrected chi connectivity index (χ0v) is 20.8. The van der Waals surface area contributed by atoms with Crippen molar-refractivity contribution in [2.75, 3.05) is 19.6 Å². The molecule has 0 saturated heterocycles. The highest BCUT2D eigenvalue weighted by Crippen LogP contribution is 2.25. The van der Waals surface area contributed by atoms with Crippen LogP contribution in [0.1, 0.15) is 36.0 Å². The summed E-state index contributed by atoms with van der Waals surface area (Å²) in [6.07, 6.45) is 0.885. The third-order valence-corrected chi connectivity index (χ3v) is 6.21. The van der Waals surface area contributed by atoms with Gasteiger partial charge in [0.15, 0.2) is 0 Å². The van der Waals surface area contributed by atoms with Crippen LogP contribution in [0.3, 0.4) is 0 Å². The summed E-state index contributed by atoms with van der Waals surface area (Å²) in [6.45, 7) is 5.50. The van der Waals surface area contributed by atoms with E-state index in [1.54, 1.807) is 0 Å². The van der Waals surface area contributed by atoms with Gasteiger partial charge in [0.1, 0.15) is 11.5 Å².